The van der Waals surface area contributed by atoms with E-state index < -0.39 is 26.6 Å². The van der Waals surface area contributed by atoms with Crippen LogP contribution in [0.5, 0.6) is 0 Å². The molecule has 0 aromatic heterocycles. The van der Waals surface area contributed by atoms with Crippen molar-refractivity contribution in [3.05, 3.63) is 35.1 Å². The number of carbonyl (C=O) groups is 1. The van der Waals surface area contributed by atoms with E-state index in [2.05, 4.69) is 5.16 Å². The predicted molar refractivity (Wildman–Crippen MR) is 89.6 cm³/mol. The summed E-state index contributed by atoms with van der Waals surface area (Å²) in [5, 5.41) is 12.7. The number of benzene rings is 1. The molecule has 0 bridgehead atoms. The summed E-state index contributed by atoms with van der Waals surface area (Å²) in [5.74, 6) is -1.38. The first-order valence-electron chi connectivity index (χ1n) is 7.78. The quantitative estimate of drug-likeness (QED) is 0.583. The van der Waals surface area contributed by atoms with Crippen LogP contribution in [0.2, 0.25) is 0 Å². The molecule has 1 amide bonds. The summed E-state index contributed by atoms with van der Waals surface area (Å²) in [7, 11) is -3.82. The lowest BCUT2D eigenvalue weighted by atomic mass is 9.96. The third-order valence-corrected chi connectivity index (χ3v) is 6.51. The van der Waals surface area contributed by atoms with E-state index in [1.807, 2.05) is 6.92 Å². The van der Waals surface area contributed by atoms with Gasteiger partial charge in [0.15, 0.2) is 14.6 Å². The molecule has 0 spiro atoms. The van der Waals surface area contributed by atoms with Crippen LogP contribution in [0.1, 0.15) is 37.8 Å². The molecule has 2 N–H and O–H groups in total. The molecule has 0 aliphatic carbocycles. The molecule has 0 radical (unpaired) electrons. The Hall–Kier alpha value is -2.00. The molecule has 2 rings (SSSR count). The number of aryl methyl sites for hydroxylation is 1. The number of oxime groups is 1. The van der Waals surface area contributed by atoms with Gasteiger partial charge in [-0.25, -0.2) is 18.3 Å². The normalized spacial score (nSPS) is 19.7. The summed E-state index contributed by atoms with van der Waals surface area (Å²) < 4.78 is 36.0. The Morgan fingerprint density at radius 3 is 2.72 bits per heavy atom. The van der Waals surface area contributed by atoms with E-state index in [0.29, 0.717) is 23.3 Å². The van der Waals surface area contributed by atoms with Gasteiger partial charge >= 0.3 is 0 Å². The van der Waals surface area contributed by atoms with Crippen LogP contribution in [0.15, 0.2) is 23.4 Å². The van der Waals surface area contributed by atoms with Gasteiger partial charge in [-0.2, -0.15) is 0 Å². The standard InChI is InChI=1S/C16H21FN2O5S/c1-4-10-5-6-11(7-13(10)17)14-8-12(24-19-14)9-16(2,15(20)18-21)25(3,22)23/h5-7,12,21H,4,8-9H2,1-3H3,(H,18,20). The Morgan fingerprint density at radius 1 is 1.52 bits per heavy atom. The average Bonchev–Trinajstić information content (AvgIpc) is 3.01. The summed E-state index contributed by atoms with van der Waals surface area (Å²) >= 11 is 0. The summed E-state index contributed by atoms with van der Waals surface area (Å²) in [6.07, 6.45) is 0.842. The highest BCUT2D eigenvalue weighted by Gasteiger charge is 2.47. The van der Waals surface area contributed by atoms with Gasteiger partial charge < -0.3 is 4.84 Å². The van der Waals surface area contributed by atoms with E-state index >= 15 is 0 Å². The van der Waals surface area contributed by atoms with Crippen molar-refractivity contribution in [1.29, 1.82) is 0 Å². The Morgan fingerprint density at radius 2 is 2.20 bits per heavy atom. The fourth-order valence-corrected chi connectivity index (χ4v) is 3.56. The van der Waals surface area contributed by atoms with Gasteiger partial charge in [-0.3, -0.25) is 10.0 Å². The largest absolute Gasteiger partial charge is 0.392 e. The lowest BCUT2D eigenvalue weighted by Gasteiger charge is -2.26. The zero-order chi connectivity index (χ0) is 18.8. The molecule has 1 heterocycles. The first-order chi connectivity index (χ1) is 11.6. The van der Waals surface area contributed by atoms with Crippen LogP contribution in [0.3, 0.4) is 0 Å². The number of sulfone groups is 1. The van der Waals surface area contributed by atoms with Gasteiger partial charge in [0.2, 0.25) is 0 Å². The number of nitrogens with one attached hydrogen (secondary N) is 1. The van der Waals surface area contributed by atoms with Crippen LogP contribution in [0, 0.1) is 5.82 Å². The fourth-order valence-electron chi connectivity index (χ4n) is 2.69. The lowest BCUT2D eigenvalue weighted by molar-refractivity contribution is -0.132. The zero-order valence-corrected chi connectivity index (χ0v) is 15.1. The summed E-state index contributed by atoms with van der Waals surface area (Å²) in [6, 6.07) is 4.75. The molecule has 0 saturated heterocycles. The second kappa shape index (κ2) is 7.09. The molecule has 138 valence electrons. The van der Waals surface area contributed by atoms with Crippen molar-refractivity contribution in [3.63, 3.8) is 0 Å². The van der Waals surface area contributed by atoms with Gasteiger partial charge in [0, 0.05) is 24.7 Å². The molecule has 0 fully saturated rings. The van der Waals surface area contributed by atoms with E-state index in [4.69, 9.17) is 10.0 Å². The number of carbonyl (C=O) groups excluding carboxylic acids is 1. The van der Waals surface area contributed by atoms with Crippen molar-refractivity contribution in [2.45, 2.75) is 44.0 Å². The topological polar surface area (TPSA) is 105 Å². The SMILES string of the molecule is CCc1ccc(C2=NOC(CC(C)(C(=O)NO)S(C)(=O)=O)C2)cc1F. The molecule has 1 aromatic rings. The Balaban J connectivity index is 2.16. The lowest BCUT2D eigenvalue weighted by Crippen LogP contribution is -2.51. The molecule has 2 atom stereocenters. The monoisotopic (exact) mass is 372 g/mol. The molecule has 1 aliphatic rings. The van der Waals surface area contributed by atoms with Gasteiger partial charge in [-0.15, -0.1) is 0 Å². The first-order valence-corrected chi connectivity index (χ1v) is 9.67. The maximum atomic E-state index is 13.9. The first kappa shape index (κ1) is 19.3. The molecule has 0 saturated carbocycles. The zero-order valence-electron chi connectivity index (χ0n) is 14.2. The van der Waals surface area contributed by atoms with Crippen molar-refractivity contribution in [1.82, 2.24) is 5.48 Å². The predicted octanol–water partition coefficient (Wildman–Crippen LogP) is 1.58. The maximum Gasteiger partial charge on any atom is 0.264 e. The van der Waals surface area contributed by atoms with Gasteiger partial charge in [0.25, 0.3) is 5.91 Å². The van der Waals surface area contributed by atoms with Crippen LogP contribution in [0.25, 0.3) is 0 Å². The Bertz CT molecular complexity index is 809. The number of hydrogen-bond acceptors (Lipinski definition) is 6. The smallest absolute Gasteiger partial charge is 0.264 e. The molecule has 25 heavy (non-hydrogen) atoms. The molecule has 7 nitrogen and oxygen atoms in total. The second-order valence-electron chi connectivity index (χ2n) is 6.28. The number of halogens is 1. The van der Waals surface area contributed by atoms with Crippen molar-refractivity contribution in [2.75, 3.05) is 6.26 Å². The van der Waals surface area contributed by atoms with E-state index in [0.717, 1.165) is 6.26 Å². The molecule has 2 unspecified atom stereocenters. The van der Waals surface area contributed by atoms with Gasteiger partial charge in [-0.1, -0.05) is 24.2 Å². The number of rotatable bonds is 6. The molecule has 9 heteroatoms. The van der Waals surface area contributed by atoms with Crippen LogP contribution in [0.4, 0.5) is 4.39 Å². The molecule has 1 aliphatic heterocycles. The van der Waals surface area contributed by atoms with Gasteiger partial charge in [-0.05, 0) is 25.0 Å². The average molecular weight is 372 g/mol. The van der Waals surface area contributed by atoms with E-state index in [9.17, 15) is 17.6 Å². The van der Waals surface area contributed by atoms with Crippen molar-refractivity contribution in [3.8, 4) is 0 Å². The highest BCUT2D eigenvalue weighted by atomic mass is 32.2. The number of hydroxylamine groups is 1. The minimum Gasteiger partial charge on any atom is -0.392 e. The van der Waals surface area contributed by atoms with Crippen molar-refractivity contribution in [2.24, 2.45) is 5.16 Å². The summed E-state index contributed by atoms with van der Waals surface area (Å²) in [6.45, 7) is 3.06. The van der Waals surface area contributed by atoms with E-state index in [-0.39, 0.29) is 18.7 Å². The fraction of sp³-hybridized carbons (Fsp3) is 0.500. The summed E-state index contributed by atoms with van der Waals surface area (Å²) in [4.78, 5) is 17.1. The minimum atomic E-state index is -3.82. The van der Waals surface area contributed by atoms with Gasteiger partial charge in [0.1, 0.15) is 11.9 Å². The number of amides is 1. The van der Waals surface area contributed by atoms with E-state index in [1.54, 1.807) is 12.1 Å². The summed E-state index contributed by atoms with van der Waals surface area (Å²) in [5.41, 5.74) is 3.00. The minimum absolute atomic E-state index is 0.194. The van der Waals surface area contributed by atoms with Crippen molar-refractivity contribution < 1.29 is 27.6 Å². The Kier molecular flexibility index (Phi) is 5.48. The Labute approximate surface area is 145 Å². The molecule has 1 aromatic carbocycles. The highest BCUT2D eigenvalue weighted by Crippen LogP contribution is 2.29. The maximum absolute atomic E-state index is 13.9. The third kappa shape index (κ3) is 3.82. The van der Waals surface area contributed by atoms with Crippen LogP contribution in [-0.2, 0) is 25.9 Å². The van der Waals surface area contributed by atoms with Crippen molar-refractivity contribution >= 4 is 21.5 Å². The number of nitrogens with zero attached hydrogens (tertiary/aromatic N) is 1. The number of hydrogen-bond donors (Lipinski definition) is 2. The molecular weight excluding hydrogens is 351 g/mol. The van der Waals surface area contributed by atoms with Crippen LogP contribution < -0.4 is 5.48 Å². The van der Waals surface area contributed by atoms with Crippen LogP contribution in [-0.4, -0.2) is 42.4 Å². The van der Waals surface area contributed by atoms with Crippen LogP contribution >= 0.6 is 0 Å². The van der Waals surface area contributed by atoms with E-state index in [1.165, 1.54) is 18.5 Å². The third-order valence-electron chi connectivity index (χ3n) is 4.52. The van der Waals surface area contributed by atoms with Gasteiger partial charge in [0.05, 0.1) is 5.71 Å². The second-order valence-corrected chi connectivity index (χ2v) is 8.72. The highest BCUT2D eigenvalue weighted by molar-refractivity contribution is 7.92. The molecular formula is C16H21FN2O5S.